The van der Waals surface area contributed by atoms with Crippen molar-refractivity contribution in [1.82, 2.24) is 9.78 Å². The van der Waals surface area contributed by atoms with E-state index < -0.39 is 0 Å². The van der Waals surface area contributed by atoms with Crippen LogP contribution in [0.2, 0.25) is 0 Å². The molecular formula is C20H14N4O2. The third-order valence-corrected chi connectivity index (χ3v) is 4.56. The Kier molecular flexibility index (Phi) is 3.44. The van der Waals surface area contributed by atoms with Gasteiger partial charge < -0.3 is 0 Å². The topological polar surface area (TPSA) is 79.0 Å². The summed E-state index contributed by atoms with van der Waals surface area (Å²) in [6, 6.07) is 16.0. The van der Waals surface area contributed by atoms with Gasteiger partial charge in [-0.15, -0.1) is 0 Å². The Balaban J connectivity index is 1.89. The molecule has 0 saturated heterocycles. The van der Waals surface area contributed by atoms with Crippen molar-refractivity contribution in [2.45, 2.75) is 6.92 Å². The zero-order chi connectivity index (χ0) is 18.4. The number of amides is 2. The van der Waals surface area contributed by atoms with Gasteiger partial charge in [0.05, 0.1) is 28.5 Å². The maximum atomic E-state index is 12.8. The fourth-order valence-electron chi connectivity index (χ4n) is 3.36. The third kappa shape index (κ3) is 2.07. The molecule has 126 valence electrons. The SMILES string of the molecule is Cc1c(-c2ccccc2C#N)nn(C)c1N1C(=O)c2ccccc2C1=O. The van der Waals surface area contributed by atoms with Crippen molar-refractivity contribution in [3.63, 3.8) is 0 Å². The van der Waals surface area contributed by atoms with E-state index >= 15 is 0 Å². The highest BCUT2D eigenvalue weighted by atomic mass is 16.2. The molecule has 1 aliphatic rings. The van der Waals surface area contributed by atoms with E-state index in [0.29, 0.717) is 39.3 Å². The van der Waals surface area contributed by atoms with Crippen molar-refractivity contribution in [2.75, 3.05) is 4.90 Å². The lowest BCUT2D eigenvalue weighted by atomic mass is 10.0. The monoisotopic (exact) mass is 342 g/mol. The third-order valence-electron chi connectivity index (χ3n) is 4.56. The van der Waals surface area contributed by atoms with Gasteiger partial charge in [0, 0.05) is 18.2 Å². The van der Waals surface area contributed by atoms with Gasteiger partial charge in [-0.25, -0.2) is 4.90 Å². The summed E-state index contributed by atoms with van der Waals surface area (Å²) < 4.78 is 1.51. The smallest absolute Gasteiger partial charge is 0.267 e. The van der Waals surface area contributed by atoms with E-state index in [1.807, 2.05) is 6.07 Å². The molecule has 6 heteroatoms. The van der Waals surface area contributed by atoms with Crippen LogP contribution in [0.25, 0.3) is 11.3 Å². The van der Waals surface area contributed by atoms with Gasteiger partial charge in [-0.3, -0.25) is 14.3 Å². The Hall–Kier alpha value is -3.72. The van der Waals surface area contributed by atoms with Gasteiger partial charge in [0.15, 0.2) is 0 Å². The number of nitrogens with zero attached hydrogens (tertiary/aromatic N) is 4. The van der Waals surface area contributed by atoms with Crippen molar-refractivity contribution < 1.29 is 9.59 Å². The minimum atomic E-state index is -0.364. The van der Waals surface area contributed by atoms with Gasteiger partial charge in [0.2, 0.25) is 0 Å². The minimum absolute atomic E-state index is 0.364. The van der Waals surface area contributed by atoms with E-state index in [9.17, 15) is 14.9 Å². The van der Waals surface area contributed by atoms with E-state index in [2.05, 4.69) is 11.2 Å². The number of aryl methyl sites for hydroxylation is 1. The van der Waals surface area contributed by atoms with Gasteiger partial charge in [-0.05, 0) is 25.1 Å². The van der Waals surface area contributed by atoms with Crippen LogP contribution in [0.1, 0.15) is 31.8 Å². The molecule has 0 spiro atoms. The predicted molar refractivity (Wildman–Crippen MR) is 95.7 cm³/mol. The highest BCUT2D eigenvalue weighted by molar-refractivity contribution is 6.34. The first-order valence-corrected chi connectivity index (χ1v) is 8.05. The number of benzene rings is 2. The summed E-state index contributed by atoms with van der Waals surface area (Å²) in [6.07, 6.45) is 0. The number of fused-ring (bicyclic) bond motifs is 1. The van der Waals surface area contributed by atoms with E-state index in [0.717, 1.165) is 4.90 Å². The number of anilines is 1. The molecule has 26 heavy (non-hydrogen) atoms. The maximum absolute atomic E-state index is 12.8. The average Bonchev–Trinajstić information content (AvgIpc) is 3.09. The summed E-state index contributed by atoms with van der Waals surface area (Å²) >= 11 is 0. The molecule has 0 fully saturated rings. The molecule has 0 radical (unpaired) electrons. The van der Waals surface area contributed by atoms with E-state index in [-0.39, 0.29) is 11.8 Å². The van der Waals surface area contributed by atoms with Crippen LogP contribution in [0, 0.1) is 18.3 Å². The first-order chi connectivity index (χ1) is 12.5. The largest absolute Gasteiger partial charge is 0.268 e. The van der Waals surface area contributed by atoms with Gasteiger partial charge >= 0.3 is 0 Å². The number of hydrogen-bond acceptors (Lipinski definition) is 4. The quantitative estimate of drug-likeness (QED) is 0.671. The Morgan fingerprint density at radius 1 is 0.923 bits per heavy atom. The molecule has 0 aliphatic carbocycles. The fraction of sp³-hybridized carbons (Fsp3) is 0.100. The van der Waals surface area contributed by atoms with Crippen molar-refractivity contribution in [3.8, 4) is 17.3 Å². The summed E-state index contributed by atoms with van der Waals surface area (Å²) in [5.74, 6) is -0.312. The number of carbonyl (C=O) groups excluding carboxylic acids is 2. The molecular weight excluding hydrogens is 328 g/mol. The number of imide groups is 1. The van der Waals surface area contributed by atoms with Crippen LogP contribution in [0.5, 0.6) is 0 Å². The van der Waals surface area contributed by atoms with Crippen LogP contribution < -0.4 is 4.90 Å². The summed E-state index contributed by atoms with van der Waals surface area (Å²) in [6.45, 7) is 1.80. The number of aromatic nitrogens is 2. The summed E-state index contributed by atoms with van der Waals surface area (Å²) in [5, 5.41) is 13.8. The van der Waals surface area contributed by atoms with Crippen LogP contribution in [0.15, 0.2) is 48.5 Å². The van der Waals surface area contributed by atoms with Crippen LogP contribution in [0.3, 0.4) is 0 Å². The van der Waals surface area contributed by atoms with Gasteiger partial charge in [-0.1, -0.05) is 30.3 Å². The molecule has 1 aromatic heterocycles. The Morgan fingerprint density at radius 3 is 2.04 bits per heavy atom. The number of rotatable bonds is 2. The Morgan fingerprint density at radius 2 is 1.46 bits per heavy atom. The van der Waals surface area contributed by atoms with E-state index in [1.165, 1.54) is 4.68 Å². The summed E-state index contributed by atoms with van der Waals surface area (Å²) in [7, 11) is 1.68. The van der Waals surface area contributed by atoms with Crippen molar-refractivity contribution in [1.29, 1.82) is 5.26 Å². The molecule has 2 amide bonds. The molecule has 4 rings (SSSR count). The molecule has 0 atom stereocenters. The molecule has 2 heterocycles. The average molecular weight is 342 g/mol. The fourth-order valence-corrected chi connectivity index (χ4v) is 3.36. The molecule has 0 unspecified atom stereocenters. The lowest BCUT2D eigenvalue weighted by molar-refractivity contribution is 0.0923. The van der Waals surface area contributed by atoms with Crippen molar-refractivity contribution in [3.05, 3.63) is 70.8 Å². The van der Waals surface area contributed by atoms with Crippen molar-refractivity contribution in [2.24, 2.45) is 7.05 Å². The normalized spacial score (nSPS) is 13.0. The highest BCUT2D eigenvalue weighted by Gasteiger charge is 2.39. The van der Waals surface area contributed by atoms with Crippen molar-refractivity contribution >= 4 is 17.6 Å². The second-order valence-corrected chi connectivity index (χ2v) is 6.07. The van der Waals surface area contributed by atoms with E-state index in [1.54, 1.807) is 56.4 Å². The molecule has 0 bridgehead atoms. The molecule has 1 aliphatic heterocycles. The molecule has 3 aromatic rings. The Labute approximate surface area is 149 Å². The standard InChI is InChI=1S/C20H14N4O2/c1-12-17(14-8-4-3-7-13(14)11-21)22-23(2)18(12)24-19(25)15-9-5-6-10-16(15)20(24)26/h3-10H,1-2H3. The first kappa shape index (κ1) is 15.8. The second kappa shape index (κ2) is 5.67. The van der Waals surface area contributed by atoms with E-state index in [4.69, 9.17) is 0 Å². The number of carbonyl (C=O) groups is 2. The Bertz CT molecular complexity index is 1090. The lowest BCUT2D eigenvalue weighted by Crippen LogP contribution is -2.31. The molecule has 0 N–H and O–H groups in total. The summed E-state index contributed by atoms with van der Waals surface area (Å²) in [5.41, 5.74) is 3.18. The second-order valence-electron chi connectivity index (χ2n) is 6.07. The molecule has 2 aromatic carbocycles. The number of nitriles is 1. The van der Waals surface area contributed by atoms with Gasteiger partial charge in [0.1, 0.15) is 5.82 Å². The first-order valence-electron chi connectivity index (χ1n) is 8.05. The van der Waals surface area contributed by atoms with Gasteiger partial charge in [-0.2, -0.15) is 10.4 Å². The maximum Gasteiger partial charge on any atom is 0.267 e. The van der Waals surface area contributed by atoms with Crippen LogP contribution in [-0.2, 0) is 7.05 Å². The number of hydrogen-bond donors (Lipinski definition) is 0. The van der Waals surface area contributed by atoms with Gasteiger partial charge in [0.25, 0.3) is 11.8 Å². The lowest BCUT2D eigenvalue weighted by Gasteiger charge is -2.15. The van der Waals surface area contributed by atoms with Crippen LogP contribution >= 0.6 is 0 Å². The zero-order valence-corrected chi connectivity index (χ0v) is 14.2. The molecule has 6 nitrogen and oxygen atoms in total. The predicted octanol–water partition coefficient (Wildman–Crippen LogP) is 3.07. The molecule has 0 saturated carbocycles. The van der Waals surface area contributed by atoms with Crippen LogP contribution in [0.4, 0.5) is 5.82 Å². The highest BCUT2D eigenvalue weighted by Crippen LogP contribution is 2.35. The minimum Gasteiger partial charge on any atom is -0.268 e. The zero-order valence-electron chi connectivity index (χ0n) is 14.2. The van der Waals surface area contributed by atoms with Crippen LogP contribution in [-0.4, -0.2) is 21.6 Å². The summed E-state index contributed by atoms with van der Waals surface area (Å²) in [4.78, 5) is 26.7.